The van der Waals surface area contributed by atoms with Crippen LogP contribution in [0.4, 0.5) is 19.3 Å². The number of imide groups is 1. The number of amides is 3. The van der Waals surface area contributed by atoms with E-state index in [2.05, 4.69) is 10.6 Å². The minimum Gasteiger partial charge on any atom is -0.508 e. The zero-order valence-corrected chi connectivity index (χ0v) is 20.5. The molecule has 202 valence electrons. The Morgan fingerprint density at radius 2 is 1.89 bits per heavy atom. The molecule has 1 aliphatic heterocycles. The molecule has 0 radical (unpaired) electrons. The third-order valence-corrected chi connectivity index (χ3v) is 6.04. The highest BCUT2D eigenvalue weighted by molar-refractivity contribution is 6.19. The number of unbranched alkanes of at least 4 members (excludes halogenated alkanes) is 3. The third kappa shape index (κ3) is 7.93. The molecular weight excluding hydrogens is 488 g/mol. The number of nitrogens with one attached hydrogen (secondary N) is 2. The molecule has 11 heteroatoms. The predicted octanol–water partition coefficient (Wildman–Crippen LogP) is 2.93. The van der Waals surface area contributed by atoms with Gasteiger partial charge in [0.15, 0.2) is 0 Å². The average molecular weight is 522 g/mol. The molecule has 5 N–H and O–H groups in total. The summed E-state index contributed by atoms with van der Waals surface area (Å²) in [6.45, 7) is -0.0872. The van der Waals surface area contributed by atoms with E-state index in [1.807, 2.05) is 0 Å². The Morgan fingerprint density at radius 1 is 1.11 bits per heavy atom. The second-order valence-electron chi connectivity index (χ2n) is 8.88. The molecule has 2 aromatic carbocycles. The van der Waals surface area contributed by atoms with Gasteiger partial charge < -0.3 is 30.7 Å². The van der Waals surface area contributed by atoms with Gasteiger partial charge in [0, 0.05) is 24.3 Å². The topological polar surface area (TPSA) is 131 Å². The van der Waals surface area contributed by atoms with Gasteiger partial charge in [-0.05, 0) is 49.2 Å². The highest BCUT2D eigenvalue weighted by Gasteiger charge is 2.35. The fourth-order valence-corrected chi connectivity index (χ4v) is 3.94. The number of alkyl halides is 2. The number of aliphatic hydroxyl groups excluding tert-OH is 2. The number of benzene rings is 2. The van der Waals surface area contributed by atoms with Crippen LogP contribution in [-0.4, -0.2) is 60.1 Å². The number of nitrogens with zero attached hydrogens (tertiary/aromatic N) is 1. The molecule has 0 saturated carbocycles. The first-order valence-electron chi connectivity index (χ1n) is 12.2. The largest absolute Gasteiger partial charge is 0.508 e. The Kier molecular flexibility index (Phi) is 10.3. The van der Waals surface area contributed by atoms with Crippen molar-refractivity contribution >= 4 is 17.6 Å². The van der Waals surface area contributed by atoms with E-state index in [9.17, 15) is 33.7 Å². The monoisotopic (exact) mass is 521 g/mol. The molecule has 3 amide bonds. The van der Waals surface area contributed by atoms with Crippen LogP contribution in [0.25, 0.3) is 0 Å². The standard InChI is InChI=1S/C26H33F2N3O6/c27-26(28,20-6-5-7-21(13-20)31-24(35)15-30-25(31)36)17-37-11-4-2-1-3-10-29-14-23(34)18-8-9-22(33)19(12-18)16-32/h5-9,12-13,23,29,32-34H,1-4,10-11,14-17H2,(H,30,36)/t23-/m1/s1. The van der Waals surface area contributed by atoms with Crippen molar-refractivity contribution in [2.24, 2.45) is 0 Å². The highest BCUT2D eigenvalue weighted by atomic mass is 19.3. The number of anilines is 1. The SMILES string of the molecule is O=C1CNC(=O)N1c1cccc(C(F)(F)COCCCCCCNC[C@@H](O)c2ccc(O)c(CO)c2)c1. The van der Waals surface area contributed by atoms with Crippen LogP contribution < -0.4 is 15.5 Å². The molecular formula is C26H33F2N3O6. The predicted molar refractivity (Wildman–Crippen MR) is 132 cm³/mol. The van der Waals surface area contributed by atoms with E-state index in [1.165, 1.54) is 24.3 Å². The number of urea groups is 1. The van der Waals surface area contributed by atoms with Crippen molar-refractivity contribution in [3.8, 4) is 5.75 Å². The number of carbonyl (C=O) groups excluding carboxylic acids is 2. The highest BCUT2D eigenvalue weighted by Crippen LogP contribution is 2.31. The van der Waals surface area contributed by atoms with Crippen LogP contribution in [0.3, 0.4) is 0 Å². The number of ether oxygens (including phenoxy) is 1. The maximum Gasteiger partial charge on any atom is 0.329 e. The number of halogens is 2. The molecule has 1 heterocycles. The summed E-state index contributed by atoms with van der Waals surface area (Å²) < 4.78 is 34.4. The number of rotatable bonds is 15. The lowest BCUT2D eigenvalue weighted by molar-refractivity contribution is -0.115. The molecule has 0 aliphatic carbocycles. The summed E-state index contributed by atoms with van der Waals surface area (Å²) in [5.74, 6) is -3.78. The molecule has 0 unspecified atom stereocenters. The fraction of sp³-hybridized carbons (Fsp3) is 0.462. The van der Waals surface area contributed by atoms with Gasteiger partial charge in [-0.15, -0.1) is 0 Å². The second-order valence-corrected chi connectivity index (χ2v) is 8.88. The summed E-state index contributed by atoms with van der Waals surface area (Å²) in [5.41, 5.74) is 0.727. The van der Waals surface area contributed by atoms with Crippen LogP contribution in [0.5, 0.6) is 5.75 Å². The molecule has 1 atom stereocenters. The van der Waals surface area contributed by atoms with Gasteiger partial charge in [0.2, 0.25) is 0 Å². The van der Waals surface area contributed by atoms with Gasteiger partial charge in [0.05, 0.1) is 24.9 Å². The Hall–Kier alpha value is -3.12. The van der Waals surface area contributed by atoms with E-state index in [4.69, 9.17) is 4.74 Å². The lowest BCUT2D eigenvalue weighted by Gasteiger charge is -2.19. The second kappa shape index (κ2) is 13.4. The zero-order valence-electron chi connectivity index (χ0n) is 20.5. The van der Waals surface area contributed by atoms with Crippen LogP contribution in [0, 0.1) is 0 Å². The van der Waals surface area contributed by atoms with Crippen LogP contribution in [0.15, 0.2) is 42.5 Å². The lowest BCUT2D eigenvalue weighted by atomic mass is 10.1. The van der Waals surface area contributed by atoms with Gasteiger partial charge >= 0.3 is 6.03 Å². The first kappa shape index (κ1) is 28.5. The first-order valence-corrected chi connectivity index (χ1v) is 12.2. The normalized spacial score (nSPS) is 14.8. The number of phenols is 1. The van der Waals surface area contributed by atoms with Gasteiger partial charge in [0.25, 0.3) is 11.8 Å². The van der Waals surface area contributed by atoms with Crippen LogP contribution in [0.2, 0.25) is 0 Å². The maximum absolute atomic E-state index is 14.6. The number of hydrogen-bond acceptors (Lipinski definition) is 7. The minimum atomic E-state index is -3.27. The molecule has 0 spiro atoms. The Bertz CT molecular complexity index is 1050. The smallest absolute Gasteiger partial charge is 0.329 e. The summed E-state index contributed by atoms with van der Waals surface area (Å²) >= 11 is 0. The summed E-state index contributed by atoms with van der Waals surface area (Å²) in [4.78, 5) is 24.4. The van der Waals surface area contributed by atoms with Crippen molar-refractivity contribution in [1.82, 2.24) is 10.6 Å². The number of aliphatic hydroxyl groups is 2. The van der Waals surface area contributed by atoms with Crippen LogP contribution in [0.1, 0.15) is 48.5 Å². The van der Waals surface area contributed by atoms with Gasteiger partial charge in [-0.2, -0.15) is 8.78 Å². The minimum absolute atomic E-state index is 0.0148. The van der Waals surface area contributed by atoms with Gasteiger partial charge in [-0.3, -0.25) is 4.79 Å². The molecule has 1 fully saturated rings. The summed E-state index contributed by atoms with van der Waals surface area (Å²) in [5, 5.41) is 34.5. The lowest BCUT2D eigenvalue weighted by Crippen LogP contribution is -2.31. The summed E-state index contributed by atoms with van der Waals surface area (Å²) in [6, 6.07) is 9.15. The number of carbonyl (C=O) groups is 2. The van der Waals surface area contributed by atoms with Crippen molar-refractivity contribution in [3.63, 3.8) is 0 Å². The zero-order chi connectivity index (χ0) is 26.8. The van der Waals surface area contributed by atoms with E-state index in [0.29, 0.717) is 30.6 Å². The molecule has 1 saturated heterocycles. The fourth-order valence-electron chi connectivity index (χ4n) is 3.94. The van der Waals surface area contributed by atoms with Crippen molar-refractivity contribution in [2.75, 3.05) is 37.7 Å². The molecule has 0 aromatic heterocycles. The Balaban J connectivity index is 1.29. The summed E-state index contributed by atoms with van der Waals surface area (Å²) in [7, 11) is 0. The van der Waals surface area contributed by atoms with Gasteiger partial charge in [-0.25, -0.2) is 9.69 Å². The van der Waals surface area contributed by atoms with E-state index < -0.39 is 30.6 Å². The van der Waals surface area contributed by atoms with E-state index >= 15 is 0 Å². The van der Waals surface area contributed by atoms with E-state index in [0.717, 1.165) is 30.2 Å². The number of aromatic hydroxyl groups is 1. The first-order chi connectivity index (χ1) is 17.7. The Morgan fingerprint density at radius 3 is 2.62 bits per heavy atom. The van der Waals surface area contributed by atoms with E-state index in [-0.39, 0.29) is 36.8 Å². The maximum atomic E-state index is 14.6. The van der Waals surface area contributed by atoms with Gasteiger partial charge in [0.1, 0.15) is 12.4 Å². The molecule has 3 rings (SSSR count). The molecule has 2 aromatic rings. The van der Waals surface area contributed by atoms with Crippen molar-refractivity contribution in [2.45, 2.75) is 44.3 Å². The molecule has 9 nitrogen and oxygen atoms in total. The van der Waals surface area contributed by atoms with Gasteiger partial charge in [-0.1, -0.05) is 31.0 Å². The third-order valence-electron chi connectivity index (χ3n) is 6.04. The van der Waals surface area contributed by atoms with Crippen LogP contribution in [-0.2, 0) is 22.1 Å². The molecule has 37 heavy (non-hydrogen) atoms. The average Bonchev–Trinajstić information content (AvgIpc) is 3.22. The van der Waals surface area contributed by atoms with E-state index in [1.54, 1.807) is 12.1 Å². The van der Waals surface area contributed by atoms with Crippen molar-refractivity contribution in [1.29, 1.82) is 0 Å². The summed E-state index contributed by atoms with van der Waals surface area (Å²) in [6.07, 6.45) is 2.36. The molecule has 1 aliphatic rings. The Labute approximate surface area is 214 Å². The van der Waals surface area contributed by atoms with Crippen molar-refractivity contribution in [3.05, 3.63) is 59.2 Å². The van der Waals surface area contributed by atoms with Crippen LogP contribution >= 0.6 is 0 Å². The van der Waals surface area contributed by atoms with Crippen molar-refractivity contribution < 1.29 is 38.4 Å². The number of hydrogen-bond donors (Lipinski definition) is 5. The quantitative estimate of drug-likeness (QED) is 0.180. The molecule has 0 bridgehead atoms.